The molecule has 0 saturated carbocycles. The molecule has 0 spiro atoms. The van der Waals surface area contributed by atoms with Crippen LogP contribution in [-0.2, 0) is 0 Å². The average molecular weight is 324 g/mol. The lowest BCUT2D eigenvalue weighted by Crippen LogP contribution is -1.98. The SMILES string of the molecule is CNc1nc(-c2ccc(C)s2)nc2c(Cl)cc(Cl)cc12. The van der Waals surface area contributed by atoms with Gasteiger partial charge >= 0.3 is 0 Å². The number of hydrogen-bond acceptors (Lipinski definition) is 4. The Morgan fingerprint density at radius 3 is 2.60 bits per heavy atom. The Balaban J connectivity index is 2.31. The number of fused-ring (bicyclic) bond motifs is 1. The summed E-state index contributed by atoms with van der Waals surface area (Å²) in [6.07, 6.45) is 0. The zero-order valence-corrected chi connectivity index (χ0v) is 13.2. The van der Waals surface area contributed by atoms with E-state index in [-0.39, 0.29) is 0 Å². The predicted molar refractivity (Wildman–Crippen MR) is 87.2 cm³/mol. The Morgan fingerprint density at radius 1 is 1.15 bits per heavy atom. The van der Waals surface area contributed by atoms with Gasteiger partial charge in [0.05, 0.1) is 15.4 Å². The van der Waals surface area contributed by atoms with E-state index in [1.165, 1.54) is 4.88 Å². The third-order valence-electron chi connectivity index (χ3n) is 2.92. The van der Waals surface area contributed by atoms with Gasteiger partial charge in [-0.25, -0.2) is 9.97 Å². The summed E-state index contributed by atoms with van der Waals surface area (Å²) in [4.78, 5) is 11.4. The zero-order chi connectivity index (χ0) is 14.3. The molecule has 0 amide bonds. The normalized spacial score (nSPS) is 11.0. The first-order chi connectivity index (χ1) is 9.58. The van der Waals surface area contributed by atoms with E-state index < -0.39 is 0 Å². The second-order valence-corrected chi connectivity index (χ2v) is 6.47. The van der Waals surface area contributed by atoms with Gasteiger partial charge in [0.1, 0.15) is 5.82 Å². The number of benzene rings is 1. The van der Waals surface area contributed by atoms with E-state index in [9.17, 15) is 0 Å². The van der Waals surface area contributed by atoms with Crippen LogP contribution < -0.4 is 5.32 Å². The molecule has 0 fully saturated rings. The van der Waals surface area contributed by atoms with Gasteiger partial charge in [-0.2, -0.15) is 0 Å². The zero-order valence-electron chi connectivity index (χ0n) is 10.9. The monoisotopic (exact) mass is 323 g/mol. The fourth-order valence-corrected chi connectivity index (χ4v) is 3.35. The molecule has 0 saturated heterocycles. The van der Waals surface area contributed by atoms with Gasteiger partial charge in [-0.3, -0.25) is 0 Å². The van der Waals surface area contributed by atoms with Crippen molar-refractivity contribution in [2.75, 3.05) is 12.4 Å². The molecule has 0 bridgehead atoms. The topological polar surface area (TPSA) is 37.8 Å². The second-order valence-electron chi connectivity index (χ2n) is 4.34. The molecule has 0 radical (unpaired) electrons. The second kappa shape index (κ2) is 5.20. The van der Waals surface area contributed by atoms with Gasteiger partial charge in [-0.1, -0.05) is 23.2 Å². The minimum Gasteiger partial charge on any atom is -0.373 e. The van der Waals surface area contributed by atoms with E-state index in [1.54, 1.807) is 17.4 Å². The predicted octanol–water partition coefficient (Wildman–Crippen LogP) is 5.02. The fourth-order valence-electron chi connectivity index (χ4n) is 2.01. The van der Waals surface area contributed by atoms with Crippen LogP contribution in [0.5, 0.6) is 0 Å². The van der Waals surface area contributed by atoms with Gasteiger partial charge in [-0.05, 0) is 31.2 Å². The molecule has 3 rings (SSSR count). The summed E-state index contributed by atoms with van der Waals surface area (Å²) in [5.41, 5.74) is 0.705. The van der Waals surface area contributed by atoms with Crippen LogP contribution in [0.15, 0.2) is 24.3 Å². The van der Waals surface area contributed by atoms with Crippen LogP contribution in [0, 0.1) is 6.92 Å². The molecular weight excluding hydrogens is 313 g/mol. The van der Waals surface area contributed by atoms with Gasteiger partial charge in [0, 0.05) is 22.3 Å². The molecule has 2 aromatic heterocycles. The van der Waals surface area contributed by atoms with E-state index in [2.05, 4.69) is 28.3 Å². The van der Waals surface area contributed by atoms with Gasteiger partial charge in [-0.15, -0.1) is 11.3 Å². The molecule has 3 nitrogen and oxygen atoms in total. The summed E-state index contributed by atoms with van der Waals surface area (Å²) in [6, 6.07) is 7.58. The highest BCUT2D eigenvalue weighted by Crippen LogP contribution is 2.33. The van der Waals surface area contributed by atoms with Crippen molar-refractivity contribution >= 4 is 51.3 Å². The Morgan fingerprint density at radius 2 is 1.95 bits per heavy atom. The fraction of sp³-hybridized carbons (Fsp3) is 0.143. The number of nitrogens with zero attached hydrogens (tertiary/aromatic N) is 2. The molecular formula is C14H11Cl2N3S. The summed E-state index contributed by atoms with van der Waals surface area (Å²) in [6.45, 7) is 2.06. The van der Waals surface area contributed by atoms with Crippen molar-refractivity contribution in [3.05, 3.63) is 39.2 Å². The largest absolute Gasteiger partial charge is 0.373 e. The summed E-state index contributed by atoms with van der Waals surface area (Å²) in [7, 11) is 1.82. The van der Waals surface area contributed by atoms with Crippen molar-refractivity contribution in [3.63, 3.8) is 0 Å². The molecule has 1 N–H and O–H groups in total. The first-order valence-electron chi connectivity index (χ1n) is 6.00. The van der Waals surface area contributed by atoms with Crippen LogP contribution in [0.2, 0.25) is 10.0 Å². The molecule has 3 aromatic rings. The van der Waals surface area contributed by atoms with Gasteiger partial charge in [0.25, 0.3) is 0 Å². The first kappa shape index (κ1) is 13.6. The van der Waals surface area contributed by atoms with Crippen LogP contribution in [0.3, 0.4) is 0 Å². The van der Waals surface area contributed by atoms with Crippen molar-refractivity contribution in [2.24, 2.45) is 0 Å². The highest BCUT2D eigenvalue weighted by molar-refractivity contribution is 7.15. The lowest BCUT2D eigenvalue weighted by atomic mass is 10.2. The Labute approximate surface area is 130 Å². The average Bonchev–Trinajstić information content (AvgIpc) is 2.84. The van der Waals surface area contributed by atoms with E-state index in [0.717, 1.165) is 16.1 Å². The summed E-state index contributed by atoms with van der Waals surface area (Å²) in [5.74, 6) is 1.39. The van der Waals surface area contributed by atoms with E-state index in [1.807, 2.05) is 19.2 Å². The lowest BCUT2D eigenvalue weighted by Gasteiger charge is -2.09. The lowest BCUT2D eigenvalue weighted by molar-refractivity contribution is 1.22. The first-order valence-corrected chi connectivity index (χ1v) is 7.57. The van der Waals surface area contributed by atoms with E-state index >= 15 is 0 Å². The van der Waals surface area contributed by atoms with Gasteiger partial charge < -0.3 is 5.32 Å². The highest BCUT2D eigenvalue weighted by atomic mass is 35.5. The minimum atomic E-state index is 0.529. The molecule has 0 aliphatic carbocycles. The smallest absolute Gasteiger partial charge is 0.172 e. The quantitative estimate of drug-likeness (QED) is 0.719. The number of aryl methyl sites for hydroxylation is 1. The molecule has 1 aromatic carbocycles. The minimum absolute atomic E-state index is 0.529. The number of rotatable bonds is 2. The van der Waals surface area contributed by atoms with Crippen molar-refractivity contribution in [2.45, 2.75) is 6.92 Å². The molecule has 20 heavy (non-hydrogen) atoms. The van der Waals surface area contributed by atoms with Crippen LogP contribution >= 0.6 is 34.5 Å². The van der Waals surface area contributed by atoms with Crippen molar-refractivity contribution in [3.8, 4) is 10.7 Å². The standard InChI is InChI=1S/C14H11Cl2N3S/c1-7-3-4-11(20-7)14-18-12-9(13(17-2)19-14)5-8(15)6-10(12)16/h3-6H,1-2H3,(H,17,18,19). The number of thiophene rings is 1. The van der Waals surface area contributed by atoms with E-state index in [4.69, 9.17) is 23.2 Å². The third kappa shape index (κ3) is 2.35. The van der Waals surface area contributed by atoms with Crippen molar-refractivity contribution in [1.29, 1.82) is 0 Å². The van der Waals surface area contributed by atoms with E-state index in [0.29, 0.717) is 21.4 Å². The number of anilines is 1. The number of hydrogen-bond donors (Lipinski definition) is 1. The summed E-state index contributed by atoms with van der Waals surface area (Å²) in [5, 5.41) is 5.00. The Kier molecular flexibility index (Phi) is 3.54. The molecule has 0 aliphatic heterocycles. The Bertz CT molecular complexity index is 798. The molecule has 2 heterocycles. The summed E-state index contributed by atoms with van der Waals surface area (Å²) >= 11 is 14.0. The maximum absolute atomic E-state index is 6.26. The number of halogens is 2. The molecule has 0 atom stereocenters. The maximum atomic E-state index is 6.26. The number of nitrogens with one attached hydrogen (secondary N) is 1. The summed E-state index contributed by atoms with van der Waals surface area (Å²) < 4.78 is 0. The molecule has 0 unspecified atom stereocenters. The number of aromatic nitrogens is 2. The van der Waals surface area contributed by atoms with Crippen LogP contribution in [-0.4, -0.2) is 17.0 Å². The molecule has 6 heteroatoms. The van der Waals surface area contributed by atoms with Crippen molar-refractivity contribution < 1.29 is 0 Å². The van der Waals surface area contributed by atoms with Crippen molar-refractivity contribution in [1.82, 2.24) is 9.97 Å². The third-order valence-corrected chi connectivity index (χ3v) is 4.42. The van der Waals surface area contributed by atoms with Crippen LogP contribution in [0.25, 0.3) is 21.6 Å². The molecule has 102 valence electrons. The highest BCUT2D eigenvalue weighted by Gasteiger charge is 2.13. The van der Waals surface area contributed by atoms with Crippen LogP contribution in [0.1, 0.15) is 4.88 Å². The van der Waals surface area contributed by atoms with Crippen LogP contribution in [0.4, 0.5) is 5.82 Å². The molecule has 0 aliphatic rings. The Hall–Kier alpha value is -1.36. The van der Waals surface area contributed by atoms with Gasteiger partial charge in [0.15, 0.2) is 5.82 Å². The van der Waals surface area contributed by atoms with Gasteiger partial charge in [0.2, 0.25) is 0 Å². The maximum Gasteiger partial charge on any atom is 0.172 e.